The number of aryl methyl sites for hydroxylation is 3. The predicted octanol–water partition coefficient (Wildman–Crippen LogP) is 4.72. The molecule has 1 aliphatic rings. The molecule has 0 unspecified atom stereocenters. The summed E-state index contributed by atoms with van der Waals surface area (Å²) in [4.78, 5) is 12.7. The standard InChI is InChI=1S/C23H30N2O3S/c1-16-9-10-17(2)21(13-16)25-29(27,28)22-14-20(12-11-18(22)3)23(26)24-15-19-7-5-4-6-8-19/h9-14,19,25H,4-8,15H2,1-3H3,(H,24,26). The van der Waals surface area contributed by atoms with Gasteiger partial charge in [-0.05, 0) is 74.4 Å². The predicted molar refractivity (Wildman–Crippen MR) is 117 cm³/mol. The highest BCUT2D eigenvalue weighted by molar-refractivity contribution is 7.92. The molecule has 156 valence electrons. The lowest BCUT2D eigenvalue weighted by Gasteiger charge is -2.21. The molecule has 0 aromatic heterocycles. The Labute approximate surface area is 174 Å². The maximum atomic E-state index is 13.0. The van der Waals surface area contributed by atoms with Gasteiger partial charge in [0.25, 0.3) is 15.9 Å². The summed E-state index contributed by atoms with van der Waals surface area (Å²) < 4.78 is 28.7. The third-order valence-electron chi connectivity index (χ3n) is 5.65. The second kappa shape index (κ2) is 8.99. The van der Waals surface area contributed by atoms with Crippen LogP contribution in [-0.4, -0.2) is 20.9 Å². The van der Waals surface area contributed by atoms with Crippen molar-refractivity contribution in [3.8, 4) is 0 Å². The molecular formula is C23H30N2O3S. The minimum absolute atomic E-state index is 0.128. The molecule has 0 atom stereocenters. The number of carbonyl (C=O) groups excluding carboxylic acids is 1. The molecule has 2 N–H and O–H groups in total. The van der Waals surface area contributed by atoms with Crippen LogP contribution in [0.15, 0.2) is 41.3 Å². The van der Waals surface area contributed by atoms with Crippen molar-refractivity contribution in [3.05, 3.63) is 58.7 Å². The summed E-state index contributed by atoms with van der Waals surface area (Å²) >= 11 is 0. The average molecular weight is 415 g/mol. The highest BCUT2D eigenvalue weighted by Gasteiger charge is 2.21. The smallest absolute Gasteiger partial charge is 0.262 e. The Morgan fingerprint density at radius 1 is 0.966 bits per heavy atom. The SMILES string of the molecule is Cc1ccc(C)c(NS(=O)(=O)c2cc(C(=O)NCC3CCCCC3)ccc2C)c1. The number of amides is 1. The first-order chi connectivity index (χ1) is 13.8. The van der Waals surface area contributed by atoms with Gasteiger partial charge in [-0.1, -0.05) is 37.5 Å². The van der Waals surface area contributed by atoms with Crippen molar-refractivity contribution in [2.75, 3.05) is 11.3 Å². The molecule has 3 rings (SSSR count). The zero-order valence-corrected chi connectivity index (χ0v) is 18.2. The average Bonchev–Trinajstić information content (AvgIpc) is 2.69. The van der Waals surface area contributed by atoms with E-state index in [4.69, 9.17) is 0 Å². The summed E-state index contributed by atoms with van der Waals surface area (Å²) in [6.45, 7) is 6.16. The van der Waals surface area contributed by atoms with E-state index in [1.54, 1.807) is 19.1 Å². The Morgan fingerprint density at radius 3 is 2.38 bits per heavy atom. The van der Waals surface area contributed by atoms with Crippen LogP contribution in [0.5, 0.6) is 0 Å². The molecule has 2 aromatic rings. The molecule has 0 saturated heterocycles. The normalized spacial score (nSPS) is 15.1. The van der Waals surface area contributed by atoms with Crippen molar-refractivity contribution in [2.45, 2.75) is 57.8 Å². The highest BCUT2D eigenvalue weighted by Crippen LogP contribution is 2.25. The van der Waals surface area contributed by atoms with Gasteiger partial charge in [-0.15, -0.1) is 0 Å². The van der Waals surface area contributed by atoms with E-state index in [1.165, 1.54) is 25.3 Å². The molecule has 1 amide bonds. The Kier molecular flexibility index (Phi) is 6.63. The largest absolute Gasteiger partial charge is 0.352 e. The van der Waals surface area contributed by atoms with Crippen molar-refractivity contribution < 1.29 is 13.2 Å². The monoisotopic (exact) mass is 414 g/mol. The molecule has 0 radical (unpaired) electrons. The second-order valence-corrected chi connectivity index (χ2v) is 9.77. The molecule has 0 aliphatic heterocycles. The fraction of sp³-hybridized carbons (Fsp3) is 0.435. The fourth-order valence-electron chi connectivity index (χ4n) is 3.81. The van der Waals surface area contributed by atoms with Gasteiger partial charge in [-0.2, -0.15) is 0 Å². The minimum Gasteiger partial charge on any atom is -0.352 e. The Bertz CT molecular complexity index is 993. The van der Waals surface area contributed by atoms with Crippen LogP contribution in [-0.2, 0) is 10.0 Å². The summed E-state index contributed by atoms with van der Waals surface area (Å²) in [5, 5.41) is 2.98. The van der Waals surface area contributed by atoms with E-state index < -0.39 is 10.0 Å². The van der Waals surface area contributed by atoms with Crippen LogP contribution in [0, 0.1) is 26.7 Å². The molecule has 1 aliphatic carbocycles. The number of sulfonamides is 1. The van der Waals surface area contributed by atoms with Gasteiger partial charge in [0.2, 0.25) is 0 Å². The maximum absolute atomic E-state index is 13.0. The van der Waals surface area contributed by atoms with E-state index in [9.17, 15) is 13.2 Å². The lowest BCUT2D eigenvalue weighted by atomic mass is 9.89. The van der Waals surface area contributed by atoms with Gasteiger partial charge in [0.05, 0.1) is 10.6 Å². The lowest BCUT2D eigenvalue weighted by molar-refractivity contribution is 0.0943. The minimum atomic E-state index is -3.80. The zero-order valence-electron chi connectivity index (χ0n) is 17.4. The molecule has 0 bridgehead atoms. The number of anilines is 1. The van der Waals surface area contributed by atoms with Crippen LogP contribution < -0.4 is 10.0 Å². The van der Waals surface area contributed by atoms with Gasteiger partial charge in [-0.25, -0.2) is 8.42 Å². The molecule has 1 saturated carbocycles. The van der Waals surface area contributed by atoms with Gasteiger partial charge in [0, 0.05) is 12.1 Å². The van der Waals surface area contributed by atoms with E-state index in [1.807, 2.05) is 32.0 Å². The number of rotatable bonds is 6. The zero-order chi connectivity index (χ0) is 21.0. The third kappa shape index (κ3) is 5.38. The third-order valence-corrected chi connectivity index (χ3v) is 7.16. The molecule has 0 heterocycles. The van der Waals surface area contributed by atoms with E-state index in [0.29, 0.717) is 29.3 Å². The summed E-state index contributed by atoms with van der Waals surface area (Å²) in [7, 11) is -3.80. The fourth-order valence-corrected chi connectivity index (χ4v) is 5.20. The molecule has 0 spiro atoms. The Hall–Kier alpha value is -2.34. The molecule has 1 fully saturated rings. The summed E-state index contributed by atoms with van der Waals surface area (Å²) in [6, 6.07) is 10.5. The number of nitrogens with one attached hydrogen (secondary N) is 2. The topological polar surface area (TPSA) is 75.3 Å². The lowest BCUT2D eigenvalue weighted by Crippen LogP contribution is -2.30. The van der Waals surface area contributed by atoms with Crippen molar-refractivity contribution in [1.82, 2.24) is 5.32 Å². The first kappa shape index (κ1) is 21.4. The van der Waals surface area contributed by atoms with E-state index in [0.717, 1.165) is 24.0 Å². The van der Waals surface area contributed by atoms with Crippen molar-refractivity contribution >= 4 is 21.6 Å². The van der Waals surface area contributed by atoms with Crippen LogP contribution in [0.1, 0.15) is 59.2 Å². The van der Waals surface area contributed by atoms with Gasteiger partial charge >= 0.3 is 0 Å². The quantitative estimate of drug-likeness (QED) is 0.718. The van der Waals surface area contributed by atoms with Crippen LogP contribution >= 0.6 is 0 Å². The second-order valence-electron chi connectivity index (χ2n) is 8.12. The number of carbonyl (C=O) groups is 1. The van der Waals surface area contributed by atoms with Gasteiger partial charge < -0.3 is 5.32 Å². The Balaban J connectivity index is 1.78. The first-order valence-corrected chi connectivity index (χ1v) is 11.7. The van der Waals surface area contributed by atoms with Gasteiger partial charge in [-0.3, -0.25) is 9.52 Å². The van der Waals surface area contributed by atoms with Crippen molar-refractivity contribution in [1.29, 1.82) is 0 Å². The molecule has 6 heteroatoms. The first-order valence-electron chi connectivity index (χ1n) is 10.3. The van der Waals surface area contributed by atoms with Gasteiger partial charge in [0.15, 0.2) is 0 Å². The van der Waals surface area contributed by atoms with Crippen molar-refractivity contribution in [2.24, 2.45) is 5.92 Å². The van der Waals surface area contributed by atoms with Crippen LogP contribution in [0.25, 0.3) is 0 Å². The highest BCUT2D eigenvalue weighted by atomic mass is 32.2. The molecule has 2 aromatic carbocycles. The van der Waals surface area contributed by atoms with Crippen LogP contribution in [0.2, 0.25) is 0 Å². The maximum Gasteiger partial charge on any atom is 0.262 e. The van der Waals surface area contributed by atoms with Gasteiger partial charge in [0.1, 0.15) is 0 Å². The number of hydrogen-bond donors (Lipinski definition) is 2. The van der Waals surface area contributed by atoms with E-state index >= 15 is 0 Å². The number of hydrogen-bond acceptors (Lipinski definition) is 3. The molecule has 29 heavy (non-hydrogen) atoms. The Morgan fingerprint density at radius 2 is 1.66 bits per heavy atom. The summed E-state index contributed by atoms with van der Waals surface area (Å²) in [5.41, 5.74) is 3.34. The summed E-state index contributed by atoms with van der Waals surface area (Å²) in [6.07, 6.45) is 6.01. The van der Waals surface area contributed by atoms with E-state index in [-0.39, 0.29) is 10.8 Å². The molecular weight excluding hydrogens is 384 g/mol. The van der Waals surface area contributed by atoms with Crippen LogP contribution in [0.3, 0.4) is 0 Å². The van der Waals surface area contributed by atoms with Crippen LogP contribution in [0.4, 0.5) is 5.69 Å². The molecule has 5 nitrogen and oxygen atoms in total. The summed E-state index contributed by atoms with van der Waals surface area (Å²) in [5.74, 6) is 0.297. The van der Waals surface area contributed by atoms with Crippen molar-refractivity contribution in [3.63, 3.8) is 0 Å². The van der Waals surface area contributed by atoms with E-state index in [2.05, 4.69) is 10.0 Å². The number of benzene rings is 2.